The lowest BCUT2D eigenvalue weighted by atomic mass is 10.1. The molecule has 3 heteroatoms. The van der Waals surface area contributed by atoms with Crippen LogP contribution in [0.1, 0.15) is 89.2 Å². The summed E-state index contributed by atoms with van der Waals surface area (Å²) in [5.41, 5.74) is 6.97. The smallest absolute Gasteiger partial charge is 0.106 e. The van der Waals surface area contributed by atoms with Crippen molar-refractivity contribution in [2.75, 3.05) is 0 Å². The third-order valence-corrected chi connectivity index (χ3v) is 3.74. The van der Waals surface area contributed by atoms with Gasteiger partial charge in [0.25, 0.3) is 0 Å². The second kappa shape index (κ2) is 10.0. The number of nitrogens with one attached hydrogen (secondary N) is 1. The van der Waals surface area contributed by atoms with Crippen molar-refractivity contribution in [3.63, 3.8) is 0 Å². The van der Waals surface area contributed by atoms with Crippen LogP contribution in [0.4, 0.5) is 0 Å². The van der Waals surface area contributed by atoms with Crippen molar-refractivity contribution in [3.8, 4) is 0 Å². The summed E-state index contributed by atoms with van der Waals surface area (Å²) in [4.78, 5) is 7.81. The maximum Gasteiger partial charge on any atom is 0.106 e. The Balaban J connectivity index is 2.04. The number of nitrogens with zero attached hydrogens (tertiary/aromatic N) is 1. The van der Waals surface area contributed by atoms with E-state index < -0.39 is 0 Å². The Labute approximate surface area is 118 Å². The predicted octanol–water partition coefficient (Wildman–Crippen LogP) is 4.50. The topological polar surface area (TPSA) is 54.7 Å². The Kier molecular flexibility index (Phi) is 8.55. The summed E-state index contributed by atoms with van der Waals surface area (Å²) in [6, 6.07) is 0.0866. The van der Waals surface area contributed by atoms with Crippen LogP contribution in [0.25, 0.3) is 0 Å². The van der Waals surface area contributed by atoms with Crippen molar-refractivity contribution in [2.24, 2.45) is 5.73 Å². The molecule has 1 atom stereocenters. The zero-order valence-electron chi connectivity index (χ0n) is 12.8. The van der Waals surface area contributed by atoms with Crippen LogP contribution in [0.5, 0.6) is 0 Å². The highest BCUT2D eigenvalue weighted by Crippen LogP contribution is 2.13. The second-order valence-electron chi connectivity index (χ2n) is 5.51. The Hall–Kier alpha value is -0.830. The standard InChI is InChI=1S/C16H31N3/c1-3-5-6-7-8-9-10-11-12-16-18-13-15(19-16)14(17)4-2/h13-14H,3-12,17H2,1-2H3,(H,18,19). The lowest BCUT2D eigenvalue weighted by Gasteiger charge is -2.03. The highest BCUT2D eigenvalue weighted by molar-refractivity contribution is 5.05. The third-order valence-electron chi connectivity index (χ3n) is 3.74. The predicted molar refractivity (Wildman–Crippen MR) is 82.1 cm³/mol. The van der Waals surface area contributed by atoms with Gasteiger partial charge in [-0.2, -0.15) is 0 Å². The van der Waals surface area contributed by atoms with E-state index in [2.05, 4.69) is 23.8 Å². The molecule has 19 heavy (non-hydrogen) atoms. The molecule has 3 N–H and O–H groups in total. The first-order valence-electron chi connectivity index (χ1n) is 8.07. The van der Waals surface area contributed by atoms with Gasteiger partial charge in [0.1, 0.15) is 5.82 Å². The molecule has 1 aromatic rings. The van der Waals surface area contributed by atoms with Gasteiger partial charge in [0.2, 0.25) is 0 Å². The van der Waals surface area contributed by atoms with Crippen molar-refractivity contribution >= 4 is 0 Å². The largest absolute Gasteiger partial charge is 0.348 e. The highest BCUT2D eigenvalue weighted by atomic mass is 14.9. The van der Waals surface area contributed by atoms with E-state index in [0.29, 0.717) is 0 Å². The molecule has 3 nitrogen and oxygen atoms in total. The number of H-pyrrole nitrogens is 1. The number of imidazole rings is 1. The summed E-state index contributed by atoms with van der Waals surface area (Å²) in [6.45, 7) is 4.36. The van der Waals surface area contributed by atoms with Crippen LogP contribution < -0.4 is 5.73 Å². The molecule has 0 aliphatic carbocycles. The van der Waals surface area contributed by atoms with E-state index in [1.807, 2.05) is 6.20 Å². The summed E-state index contributed by atoms with van der Waals surface area (Å²) in [5, 5.41) is 0. The Morgan fingerprint density at radius 1 is 1.05 bits per heavy atom. The van der Waals surface area contributed by atoms with E-state index in [4.69, 9.17) is 5.73 Å². The summed E-state index contributed by atoms with van der Waals surface area (Å²) < 4.78 is 0. The molecule has 0 fully saturated rings. The minimum Gasteiger partial charge on any atom is -0.348 e. The molecule has 0 aliphatic heterocycles. The average Bonchev–Trinajstić information content (AvgIpc) is 2.89. The quantitative estimate of drug-likeness (QED) is 0.579. The lowest BCUT2D eigenvalue weighted by molar-refractivity contribution is 0.572. The van der Waals surface area contributed by atoms with Crippen LogP contribution in [0, 0.1) is 0 Å². The van der Waals surface area contributed by atoms with Crippen LogP contribution in [-0.2, 0) is 6.42 Å². The fourth-order valence-corrected chi connectivity index (χ4v) is 2.33. The summed E-state index contributed by atoms with van der Waals surface area (Å²) in [6.07, 6.45) is 14.8. The van der Waals surface area contributed by atoms with Gasteiger partial charge in [0.15, 0.2) is 0 Å². The zero-order valence-corrected chi connectivity index (χ0v) is 12.8. The van der Waals surface area contributed by atoms with Gasteiger partial charge in [-0.05, 0) is 12.8 Å². The SMILES string of the molecule is CCCCCCCCCCc1nc(C(N)CC)c[nH]1. The van der Waals surface area contributed by atoms with E-state index in [-0.39, 0.29) is 6.04 Å². The van der Waals surface area contributed by atoms with Crippen molar-refractivity contribution in [3.05, 3.63) is 17.7 Å². The molecule has 0 aliphatic rings. The molecule has 0 saturated heterocycles. The molecular weight excluding hydrogens is 234 g/mol. The Morgan fingerprint density at radius 3 is 2.32 bits per heavy atom. The van der Waals surface area contributed by atoms with Crippen LogP contribution in [-0.4, -0.2) is 9.97 Å². The van der Waals surface area contributed by atoms with Gasteiger partial charge in [-0.1, -0.05) is 58.8 Å². The van der Waals surface area contributed by atoms with Gasteiger partial charge in [0.05, 0.1) is 5.69 Å². The molecule has 0 bridgehead atoms. The molecule has 1 aromatic heterocycles. The van der Waals surface area contributed by atoms with Crippen LogP contribution in [0.15, 0.2) is 6.20 Å². The first-order chi connectivity index (χ1) is 9.27. The van der Waals surface area contributed by atoms with Crippen molar-refractivity contribution in [1.29, 1.82) is 0 Å². The average molecular weight is 265 g/mol. The summed E-state index contributed by atoms with van der Waals surface area (Å²) in [5.74, 6) is 1.10. The number of aromatic nitrogens is 2. The monoisotopic (exact) mass is 265 g/mol. The number of aryl methyl sites for hydroxylation is 1. The number of hydrogen-bond acceptors (Lipinski definition) is 2. The van der Waals surface area contributed by atoms with E-state index in [0.717, 1.165) is 24.4 Å². The molecule has 1 heterocycles. The minimum atomic E-state index is 0.0866. The van der Waals surface area contributed by atoms with E-state index in [1.54, 1.807) is 0 Å². The Morgan fingerprint density at radius 2 is 1.68 bits per heavy atom. The number of aromatic amines is 1. The van der Waals surface area contributed by atoms with E-state index >= 15 is 0 Å². The van der Waals surface area contributed by atoms with Crippen LogP contribution in [0.2, 0.25) is 0 Å². The first-order valence-corrected chi connectivity index (χ1v) is 8.07. The zero-order chi connectivity index (χ0) is 13.9. The van der Waals surface area contributed by atoms with Gasteiger partial charge in [-0.3, -0.25) is 0 Å². The van der Waals surface area contributed by atoms with Crippen LogP contribution in [0.3, 0.4) is 0 Å². The van der Waals surface area contributed by atoms with E-state index in [1.165, 1.54) is 51.4 Å². The van der Waals surface area contributed by atoms with Crippen molar-refractivity contribution in [2.45, 2.75) is 84.1 Å². The lowest BCUT2D eigenvalue weighted by Crippen LogP contribution is -2.08. The molecule has 1 rings (SSSR count). The van der Waals surface area contributed by atoms with Gasteiger partial charge in [0, 0.05) is 18.7 Å². The molecule has 0 amide bonds. The number of hydrogen-bond donors (Lipinski definition) is 2. The normalized spacial score (nSPS) is 12.8. The number of unbranched alkanes of at least 4 members (excludes halogenated alkanes) is 7. The first kappa shape index (κ1) is 16.2. The maximum absolute atomic E-state index is 5.96. The highest BCUT2D eigenvalue weighted by Gasteiger charge is 2.07. The molecule has 110 valence electrons. The van der Waals surface area contributed by atoms with Crippen LogP contribution >= 0.6 is 0 Å². The summed E-state index contributed by atoms with van der Waals surface area (Å²) >= 11 is 0. The molecule has 0 aromatic carbocycles. The van der Waals surface area contributed by atoms with Crippen molar-refractivity contribution in [1.82, 2.24) is 9.97 Å². The van der Waals surface area contributed by atoms with Gasteiger partial charge in [-0.25, -0.2) is 4.98 Å². The second-order valence-corrected chi connectivity index (χ2v) is 5.51. The Bertz CT molecular complexity index is 320. The third kappa shape index (κ3) is 6.76. The molecule has 1 unspecified atom stereocenters. The molecule has 0 radical (unpaired) electrons. The fraction of sp³-hybridized carbons (Fsp3) is 0.812. The molecular formula is C16H31N3. The van der Waals surface area contributed by atoms with Crippen molar-refractivity contribution < 1.29 is 0 Å². The number of nitrogens with two attached hydrogens (primary N) is 1. The van der Waals surface area contributed by atoms with Gasteiger partial charge >= 0.3 is 0 Å². The molecule has 0 saturated carbocycles. The number of rotatable bonds is 11. The molecule has 0 spiro atoms. The van der Waals surface area contributed by atoms with Gasteiger partial charge in [-0.15, -0.1) is 0 Å². The van der Waals surface area contributed by atoms with E-state index in [9.17, 15) is 0 Å². The van der Waals surface area contributed by atoms with Gasteiger partial charge < -0.3 is 10.7 Å². The summed E-state index contributed by atoms with van der Waals surface area (Å²) in [7, 11) is 0. The fourth-order valence-electron chi connectivity index (χ4n) is 2.33. The minimum absolute atomic E-state index is 0.0866. The maximum atomic E-state index is 5.96.